The van der Waals surface area contributed by atoms with E-state index in [1.807, 2.05) is 19.1 Å². The number of rotatable bonds is 3. The molecule has 1 aliphatic carbocycles. The molecule has 1 aromatic rings. The van der Waals surface area contributed by atoms with Gasteiger partial charge in [0.15, 0.2) is 0 Å². The van der Waals surface area contributed by atoms with Gasteiger partial charge in [0, 0.05) is 12.6 Å². The van der Waals surface area contributed by atoms with Crippen LogP contribution < -0.4 is 15.4 Å². The van der Waals surface area contributed by atoms with Crippen LogP contribution in [0.3, 0.4) is 0 Å². The Morgan fingerprint density at radius 3 is 3.00 bits per heavy atom. The van der Waals surface area contributed by atoms with Gasteiger partial charge in [0.1, 0.15) is 5.82 Å². The van der Waals surface area contributed by atoms with Crippen molar-refractivity contribution in [3.05, 3.63) is 12.1 Å². The first-order chi connectivity index (χ1) is 8.28. The van der Waals surface area contributed by atoms with Crippen LogP contribution >= 0.6 is 0 Å². The largest absolute Gasteiger partial charge is 0.476 e. The average Bonchev–Trinajstić information content (AvgIpc) is 2.94. The van der Waals surface area contributed by atoms with E-state index in [-0.39, 0.29) is 0 Å². The fourth-order valence-electron chi connectivity index (χ4n) is 3.06. The van der Waals surface area contributed by atoms with Gasteiger partial charge in [-0.3, -0.25) is 0 Å². The zero-order valence-electron chi connectivity index (χ0n) is 10.2. The van der Waals surface area contributed by atoms with E-state index >= 15 is 0 Å². The SMILES string of the molecule is CCOc1nc(N2CC3CCC2C3)ccc1N. The highest BCUT2D eigenvalue weighted by atomic mass is 16.5. The predicted molar refractivity (Wildman–Crippen MR) is 68.3 cm³/mol. The summed E-state index contributed by atoms with van der Waals surface area (Å²) >= 11 is 0. The lowest BCUT2D eigenvalue weighted by Gasteiger charge is -2.28. The lowest BCUT2D eigenvalue weighted by atomic mass is 10.1. The Labute approximate surface area is 102 Å². The first-order valence-electron chi connectivity index (χ1n) is 6.44. The average molecular weight is 233 g/mol. The smallest absolute Gasteiger partial charge is 0.239 e. The molecular formula is C13H19N3O. The maximum Gasteiger partial charge on any atom is 0.239 e. The third-order valence-corrected chi connectivity index (χ3v) is 3.86. The van der Waals surface area contributed by atoms with Crippen molar-refractivity contribution in [2.24, 2.45) is 5.92 Å². The predicted octanol–water partition coefficient (Wildman–Crippen LogP) is 2.05. The molecule has 2 aliphatic rings. The minimum Gasteiger partial charge on any atom is -0.476 e. The molecule has 2 bridgehead atoms. The summed E-state index contributed by atoms with van der Waals surface area (Å²) in [6, 6.07) is 4.60. The molecule has 1 aromatic heterocycles. The van der Waals surface area contributed by atoms with Gasteiger partial charge in [-0.05, 0) is 44.2 Å². The number of piperidine rings is 1. The molecule has 2 N–H and O–H groups in total. The normalized spacial score (nSPS) is 26.5. The van der Waals surface area contributed by atoms with Gasteiger partial charge in [-0.25, -0.2) is 0 Å². The number of nitrogen functional groups attached to an aromatic ring is 1. The Morgan fingerprint density at radius 2 is 2.35 bits per heavy atom. The van der Waals surface area contributed by atoms with E-state index in [0.717, 1.165) is 18.3 Å². The van der Waals surface area contributed by atoms with Gasteiger partial charge in [0.25, 0.3) is 0 Å². The summed E-state index contributed by atoms with van der Waals surface area (Å²) in [5, 5.41) is 0. The zero-order valence-corrected chi connectivity index (χ0v) is 10.2. The van der Waals surface area contributed by atoms with Crippen molar-refractivity contribution in [1.82, 2.24) is 4.98 Å². The van der Waals surface area contributed by atoms with Gasteiger partial charge in [0.05, 0.1) is 12.3 Å². The van der Waals surface area contributed by atoms with Gasteiger partial charge in [0.2, 0.25) is 5.88 Å². The maximum absolute atomic E-state index is 5.84. The van der Waals surface area contributed by atoms with Crippen LogP contribution in [0.1, 0.15) is 26.2 Å². The minimum atomic E-state index is 0.577. The van der Waals surface area contributed by atoms with Crippen molar-refractivity contribution in [3.63, 3.8) is 0 Å². The topological polar surface area (TPSA) is 51.4 Å². The fourth-order valence-corrected chi connectivity index (χ4v) is 3.06. The number of hydrogen-bond acceptors (Lipinski definition) is 4. The van der Waals surface area contributed by atoms with E-state index in [9.17, 15) is 0 Å². The quantitative estimate of drug-likeness (QED) is 0.868. The molecule has 4 nitrogen and oxygen atoms in total. The summed E-state index contributed by atoms with van der Waals surface area (Å²) in [5.41, 5.74) is 6.47. The zero-order chi connectivity index (χ0) is 11.8. The minimum absolute atomic E-state index is 0.577. The second-order valence-electron chi connectivity index (χ2n) is 4.98. The highest BCUT2D eigenvalue weighted by molar-refractivity contribution is 5.55. The third-order valence-electron chi connectivity index (χ3n) is 3.86. The van der Waals surface area contributed by atoms with Crippen molar-refractivity contribution in [2.45, 2.75) is 32.2 Å². The molecule has 2 unspecified atom stereocenters. The van der Waals surface area contributed by atoms with Crippen molar-refractivity contribution in [2.75, 3.05) is 23.8 Å². The molecule has 1 aliphatic heterocycles. The number of fused-ring (bicyclic) bond motifs is 2. The Bertz CT molecular complexity index is 421. The fraction of sp³-hybridized carbons (Fsp3) is 0.615. The number of anilines is 2. The standard InChI is InChI=1S/C13H19N3O/c1-2-17-13-11(14)5-6-12(15-13)16-8-9-3-4-10(16)7-9/h5-6,9-10H,2-4,7-8,14H2,1H3. The summed E-state index contributed by atoms with van der Waals surface area (Å²) in [4.78, 5) is 6.95. The van der Waals surface area contributed by atoms with E-state index in [0.29, 0.717) is 24.2 Å². The second-order valence-corrected chi connectivity index (χ2v) is 4.98. The van der Waals surface area contributed by atoms with E-state index < -0.39 is 0 Å². The van der Waals surface area contributed by atoms with Gasteiger partial charge in [-0.15, -0.1) is 0 Å². The van der Waals surface area contributed by atoms with Crippen LogP contribution in [0, 0.1) is 5.92 Å². The number of pyridine rings is 1. The first kappa shape index (κ1) is 10.7. The number of hydrogen-bond donors (Lipinski definition) is 1. The molecule has 1 saturated carbocycles. The van der Waals surface area contributed by atoms with Crippen LogP contribution in [0.25, 0.3) is 0 Å². The van der Waals surface area contributed by atoms with Crippen molar-refractivity contribution in [1.29, 1.82) is 0 Å². The molecule has 1 saturated heterocycles. The lowest BCUT2D eigenvalue weighted by Crippen LogP contribution is -2.32. The molecule has 0 aromatic carbocycles. The summed E-state index contributed by atoms with van der Waals surface area (Å²) in [6.45, 7) is 3.70. The van der Waals surface area contributed by atoms with Crippen LogP contribution in [0.15, 0.2) is 12.1 Å². The first-order valence-corrected chi connectivity index (χ1v) is 6.44. The van der Waals surface area contributed by atoms with Crippen LogP contribution in [-0.2, 0) is 0 Å². The summed E-state index contributed by atoms with van der Waals surface area (Å²) in [7, 11) is 0. The van der Waals surface area contributed by atoms with Gasteiger partial charge in [-0.1, -0.05) is 0 Å². The number of nitrogens with two attached hydrogens (primary N) is 1. The molecule has 2 heterocycles. The Kier molecular flexibility index (Phi) is 2.57. The van der Waals surface area contributed by atoms with Gasteiger partial charge < -0.3 is 15.4 Å². The highest BCUT2D eigenvalue weighted by Crippen LogP contribution is 2.40. The molecule has 0 radical (unpaired) electrons. The molecular weight excluding hydrogens is 214 g/mol. The second kappa shape index (κ2) is 4.09. The van der Waals surface area contributed by atoms with Gasteiger partial charge in [-0.2, -0.15) is 4.98 Å². The molecule has 2 atom stereocenters. The Morgan fingerprint density at radius 1 is 1.47 bits per heavy atom. The van der Waals surface area contributed by atoms with E-state index in [1.165, 1.54) is 19.3 Å². The van der Waals surface area contributed by atoms with E-state index in [1.54, 1.807) is 0 Å². The summed E-state index contributed by atoms with van der Waals surface area (Å²) < 4.78 is 5.45. The maximum atomic E-state index is 5.84. The third kappa shape index (κ3) is 1.81. The Hall–Kier alpha value is -1.45. The molecule has 0 amide bonds. The van der Waals surface area contributed by atoms with Gasteiger partial charge >= 0.3 is 0 Å². The van der Waals surface area contributed by atoms with Crippen molar-refractivity contribution >= 4 is 11.5 Å². The van der Waals surface area contributed by atoms with Crippen molar-refractivity contribution in [3.8, 4) is 5.88 Å². The van der Waals surface area contributed by atoms with Crippen molar-refractivity contribution < 1.29 is 4.74 Å². The molecule has 92 valence electrons. The number of ether oxygens (including phenoxy) is 1. The molecule has 2 fully saturated rings. The van der Waals surface area contributed by atoms with E-state index in [4.69, 9.17) is 10.5 Å². The van der Waals surface area contributed by atoms with Crippen LogP contribution in [0.2, 0.25) is 0 Å². The lowest BCUT2D eigenvalue weighted by molar-refractivity contribution is 0.328. The molecule has 3 rings (SSSR count). The molecule has 4 heteroatoms. The Balaban J connectivity index is 1.85. The summed E-state index contributed by atoms with van der Waals surface area (Å²) in [6.07, 6.45) is 4.02. The van der Waals surface area contributed by atoms with Crippen LogP contribution in [-0.4, -0.2) is 24.2 Å². The highest BCUT2D eigenvalue weighted by Gasteiger charge is 2.38. The monoisotopic (exact) mass is 233 g/mol. The molecule has 0 spiro atoms. The summed E-state index contributed by atoms with van der Waals surface area (Å²) in [5.74, 6) is 2.47. The van der Waals surface area contributed by atoms with Crippen LogP contribution in [0.4, 0.5) is 11.5 Å². The molecule has 17 heavy (non-hydrogen) atoms. The van der Waals surface area contributed by atoms with E-state index in [2.05, 4.69) is 9.88 Å². The van der Waals surface area contributed by atoms with Crippen LogP contribution in [0.5, 0.6) is 5.88 Å². The number of aromatic nitrogens is 1. The number of nitrogens with zero attached hydrogens (tertiary/aromatic N) is 2.